The first-order chi connectivity index (χ1) is 10.4. The zero-order chi connectivity index (χ0) is 14.9. The van der Waals surface area contributed by atoms with Crippen LogP contribution < -0.4 is 10.5 Å². The number of pyridine rings is 1. The van der Waals surface area contributed by atoms with Gasteiger partial charge in [-0.1, -0.05) is 12.1 Å². The average molecular weight is 290 g/mol. The summed E-state index contributed by atoms with van der Waals surface area (Å²) in [5.41, 5.74) is 7.58. The van der Waals surface area contributed by atoms with Crippen LogP contribution in [-0.2, 0) is 16.0 Å². The first-order valence-corrected chi connectivity index (χ1v) is 7.13. The minimum absolute atomic E-state index is 0.405. The second-order valence-corrected chi connectivity index (χ2v) is 4.64. The molecule has 0 fully saturated rings. The highest BCUT2D eigenvalue weighted by Crippen LogP contribution is 2.27. The van der Waals surface area contributed by atoms with Gasteiger partial charge in [0.1, 0.15) is 12.4 Å². The fourth-order valence-corrected chi connectivity index (χ4v) is 2.08. The summed E-state index contributed by atoms with van der Waals surface area (Å²) in [7, 11) is 1.69. The molecule has 0 amide bonds. The number of hydrogen-bond acceptors (Lipinski definition) is 5. The second-order valence-electron chi connectivity index (χ2n) is 4.64. The lowest BCUT2D eigenvalue weighted by Crippen LogP contribution is -2.11. The van der Waals surface area contributed by atoms with Crippen molar-refractivity contribution < 1.29 is 14.2 Å². The topological polar surface area (TPSA) is 66.6 Å². The summed E-state index contributed by atoms with van der Waals surface area (Å²) in [5, 5.41) is 0.986. The summed E-state index contributed by atoms with van der Waals surface area (Å²) >= 11 is 0. The van der Waals surface area contributed by atoms with Crippen molar-refractivity contribution in [3.63, 3.8) is 0 Å². The molecule has 21 heavy (non-hydrogen) atoms. The maximum absolute atomic E-state index is 5.87. The van der Waals surface area contributed by atoms with E-state index >= 15 is 0 Å². The van der Waals surface area contributed by atoms with E-state index < -0.39 is 0 Å². The fourth-order valence-electron chi connectivity index (χ4n) is 2.08. The number of nitrogens with two attached hydrogens (primary N) is 1. The van der Waals surface area contributed by atoms with Gasteiger partial charge < -0.3 is 19.9 Å². The minimum atomic E-state index is 0.405. The Morgan fingerprint density at radius 1 is 1.10 bits per heavy atom. The Kier molecular flexibility index (Phi) is 6.40. The zero-order valence-corrected chi connectivity index (χ0v) is 12.4. The molecule has 5 heteroatoms. The van der Waals surface area contributed by atoms with Crippen molar-refractivity contribution in [1.82, 2.24) is 4.98 Å². The van der Waals surface area contributed by atoms with Crippen LogP contribution in [0.4, 0.5) is 0 Å². The van der Waals surface area contributed by atoms with Gasteiger partial charge in [-0.3, -0.25) is 4.98 Å². The van der Waals surface area contributed by atoms with Gasteiger partial charge in [-0.2, -0.15) is 0 Å². The fraction of sp³-hybridized carbons (Fsp3) is 0.438. The molecule has 0 aliphatic heterocycles. The van der Waals surface area contributed by atoms with Crippen LogP contribution in [0.1, 0.15) is 12.0 Å². The molecule has 0 radical (unpaired) electrons. The molecule has 1 aromatic carbocycles. The molecule has 0 saturated carbocycles. The van der Waals surface area contributed by atoms with Crippen LogP contribution in [0.25, 0.3) is 10.9 Å². The van der Waals surface area contributed by atoms with E-state index in [1.807, 2.05) is 24.3 Å². The summed E-state index contributed by atoms with van der Waals surface area (Å²) in [6, 6.07) is 7.89. The number of benzene rings is 1. The monoisotopic (exact) mass is 290 g/mol. The van der Waals surface area contributed by atoms with Crippen molar-refractivity contribution in [3.8, 4) is 5.75 Å². The number of methoxy groups -OCH3 is 1. The SMILES string of the molecule is COCCCOCCOc1c(CN)cnc2ccccc12. The molecule has 0 bridgehead atoms. The van der Waals surface area contributed by atoms with Gasteiger partial charge in [-0.25, -0.2) is 0 Å². The molecule has 0 saturated heterocycles. The number of para-hydroxylation sites is 1. The Hall–Kier alpha value is -1.69. The smallest absolute Gasteiger partial charge is 0.134 e. The lowest BCUT2D eigenvalue weighted by molar-refractivity contribution is 0.0808. The quantitative estimate of drug-likeness (QED) is 0.717. The molecule has 2 N–H and O–H groups in total. The van der Waals surface area contributed by atoms with Crippen molar-refractivity contribution in [3.05, 3.63) is 36.0 Å². The lowest BCUT2D eigenvalue weighted by atomic mass is 10.1. The van der Waals surface area contributed by atoms with E-state index in [1.54, 1.807) is 13.3 Å². The van der Waals surface area contributed by atoms with E-state index in [9.17, 15) is 0 Å². The normalized spacial score (nSPS) is 11.0. The van der Waals surface area contributed by atoms with Crippen LogP contribution in [0.5, 0.6) is 5.75 Å². The summed E-state index contributed by atoms with van der Waals surface area (Å²) in [4.78, 5) is 4.39. The molecule has 114 valence electrons. The molecule has 0 atom stereocenters. The first-order valence-electron chi connectivity index (χ1n) is 7.13. The summed E-state index contributed by atoms with van der Waals surface area (Å²) in [5.74, 6) is 0.809. The van der Waals surface area contributed by atoms with Gasteiger partial charge in [0.25, 0.3) is 0 Å². The first kappa shape index (κ1) is 15.7. The van der Waals surface area contributed by atoms with E-state index in [0.29, 0.717) is 33.0 Å². The molecule has 1 aromatic heterocycles. The highest BCUT2D eigenvalue weighted by atomic mass is 16.5. The molecule has 0 aliphatic rings. The molecule has 0 spiro atoms. The van der Waals surface area contributed by atoms with Crippen molar-refractivity contribution in [2.24, 2.45) is 5.73 Å². The van der Waals surface area contributed by atoms with Crippen molar-refractivity contribution in [2.45, 2.75) is 13.0 Å². The third-order valence-corrected chi connectivity index (χ3v) is 3.13. The highest BCUT2D eigenvalue weighted by molar-refractivity contribution is 5.86. The van der Waals surface area contributed by atoms with Crippen LogP contribution in [0.3, 0.4) is 0 Å². The molecule has 0 aliphatic carbocycles. The number of rotatable bonds is 9. The third-order valence-electron chi connectivity index (χ3n) is 3.13. The predicted octanol–water partition coefficient (Wildman–Crippen LogP) is 2.13. The molecular formula is C16H22N2O3. The number of fused-ring (bicyclic) bond motifs is 1. The maximum atomic E-state index is 5.87. The van der Waals surface area contributed by atoms with Crippen molar-refractivity contribution in [2.75, 3.05) is 33.5 Å². The van der Waals surface area contributed by atoms with E-state index in [2.05, 4.69) is 4.98 Å². The van der Waals surface area contributed by atoms with Gasteiger partial charge in [0.05, 0.1) is 12.1 Å². The van der Waals surface area contributed by atoms with Gasteiger partial charge >= 0.3 is 0 Å². The number of aromatic nitrogens is 1. The highest BCUT2D eigenvalue weighted by Gasteiger charge is 2.08. The van der Waals surface area contributed by atoms with Gasteiger partial charge in [-0.15, -0.1) is 0 Å². The zero-order valence-electron chi connectivity index (χ0n) is 12.4. The molecule has 5 nitrogen and oxygen atoms in total. The standard InChI is InChI=1S/C16H22N2O3/c1-19-7-4-8-20-9-10-21-16-13(11-17)12-18-15-6-3-2-5-14(15)16/h2-3,5-6,12H,4,7-11,17H2,1H3. The Balaban J connectivity index is 1.94. The molecular weight excluding hydrogens is 268 g/mol. The third kappa shape index (κ3) is 4.39. The van der Waals surface area contributed by atoms with Gasteiger partial charge in [0.2, 0.25) is 0 Å². The molecule has 1 heterocycles. The van der Waals surface area contributed by atoms with E-state index in [0.717, 1.165) is 28.6 Å². The Morgan fingerprint density at radius 2 is 1.95 bits per heavy atom. The van der Waals surface area contributed by atoms with Crippen LogP contribution in [-0.4, -0.2) is 38.5 Å². The minimum Gasteiger partial charge on any atom is -0.490 e. The summed E-state index contributed by atoms with van der Waals surface area (Å²) in [6.07, 6.45) is 2.67. The Bertz CT molecular complexity index is 560. The predicted molar refractivity (Wildman–Crippen MR) is 82.4 cm³/mol. The Labute approximate surface area is 125 Å². The number of ether oxygens (including phenoxy) is 3. The van der Waals surface area contributed by atoms with Gasteiger partial charge in [0.15, 0.2) is 0 Å². The number of nitrogens with zero attached hydrogens (tertiary/aromatic N) is 1. The molecule has 2 aromatic rings. The van der Waals surface area contributed by atoms with Crippen LogP contribution in [0, 0.1) is 0 Å². The van der Waals surface area contributed by atoms with Crippen molar-refractivity contribution in [1.29, 1.82) is 0 Å². The molecule has 0 unspecified atom stereocenters. The van der Waals surface area contributed by atoms with Crippen LogP contribution in [0.15, 0.2) is 30.5 Å². The Morgan fingerprint density at radius 3 is 2.76 bits per heavy atom. The van der Waals surface area contributed by atoms with E-state index in [1.165, 1.54) is 0 Å². The summed E-state index contributed by atoms with van der Waals surface area (Å²) < 4.78 is 16.3. The molecule has 2 rings (SSSR count). The summed E-state index contributed by atoms with van der Waals surface area (Å²) in [6.45, 7) is 2.84. The maximum Gasteiger partial charge on any atom is 0.134 e. The average Bonchev–Trinajstić information content (AvgIpc) is 2.54. The lowest BCUT2D eigenvalue weighted by Gasteiger charge is -2.13. The van der Waals surface area contributed by atoms with Crippen LogP contribution in [0.2, 0.25) is 0 Å². The largest absolute Gasteiger partial charge is 0.490 e. The van der Waals surface area contributed by atoms with Gasteiger partial charge in [-0.05, 0) is 18.6 Å². The van der Waals surface area contributed by atoms with E-state index in [4.69, 9.17) is 19.9 Å². The van der Waals surface area contributed by atoms with E-state index in [-0.39, 0.29) is 0 Å². The van der Waals surface area contributed by atoms with Crippen molar-refractivity contribution >= 4 is 10.9 Å². The number of hydrogen-bond donors (Lipinski definition) is 1. The second kappa shape index (κ2) is 8.56. The van der Waals surface area contributed by atoms with Crippen LogP contribution >= 0.6 is 0 Å². The van der Waals surface area contributed by atoms with Gasteiger partial charge in [0, 0.05) is 44.0 Å².